The van der Waals surface area contributed by atoms with Crippen molar-refractivity contribution in [1.29, 1.82) is 0 Å². The number of para-hydroxylation sites is 1. The second-order valence-electron chi connectivity index (χ2n) is 7.97. The van der Waals surface area contributed by atoms with E-state index < -0.39 is 0 Å². The summed E-state index contributed by atoms with van der Waals surface area (Å²) in [6.45, 7) is 13.4. The Morgan fingerprint density at radius 1 is 1.07 bits per heavy atom. The van der Waals surface area contributed by atoms with E-state index in [0.717, 1.165) is 26.2 Å². The van der Waals surface area contributed by atoms with Crippen LogP contribution in [0, 0.1) is 6.92 Å². The molecule has 2 fully saturated rings. The van der Waals surface area contributed by atoms with Gasteiger partial charge in [0.1, 0.15) is 5.82 Å². The maximum atomic E-state index is 4.57. The zero-order valence-electron chi connectivity index (χ0n) is 16.8. The number of piperidine rings is 1. The minimum Gasteiger partial charge on any atom is -0.369 e. The Labute approximate surface area is 163 Å². The number of anilines is 1. The summed E-state index contributed by atoms with van der Waals surface area (Å²) < 4.78 is 2.27. The molecule has 1 aromatic heterocycles. The number of piperazine rings is 1. The maximum absolute atomic E-state index is 4.57. The summed E-state index contributed by atoms with van der Waals surface area (Å²) in [6.07, 6.45) is 6.67. The molecule has 4 rings (SSSR count). The number of benzene rings is 1. The summed E-state index contributed by atoms with van der Waals surface area (Å²) in [4.78, 5) is 12.5. The average Bonchev–Trinajstić information content (AvgIpc) is 3.16. The fraction of sp³-hybridized carbons (Fsp3) is 0.591. The highest BCUT2D eigenvalue weighted by atomic mass is 15.3. The van der Waals surface area contributed by atoms with Gasteiger partial charge in [0, 0.05) is 63.4 Å². The molecule has 2 aliphatic rings. The molecule has 0 aliphatic carbocycles. The third-order valence-electron chi connectivity index (χ3n) is 6.27. The number of nitrogens with zero attached hydrogens (tertiary/aromatic N) is 5. The first-order valence-electron chi connectivity index (χ1n) is 10.5. The van der Waals surface area contributed by atoms with Crippen molar-refractivity contribution < 1.29 is 0 Å². The number of aromatic nitrogens is 2. The Balaban J connectivity index is 1.32. The van der Waals surface area contributed by atoms with Gasteiger partial charge < -0.3 is 9.47 Å². The Hall–Kier alpha value is -1.85. The minimum absolute atomic E-state index is 0.697. The molecule has 0 bridgehead atoms. The molecule has 0 saturated carbocycles. The largest absolute Gasteiger partial charge is 0.369 e. The third kappa shape index (κ3) is 4.19. The number of likely N-dealkylation sites (tertiary alicyclic amines) is 1. The third-order valence-corrected chi connectivity index (χ3v) is 6.27. The van der Waals surface area contributed by atoms with Crippen LogP contribution in [0.5, 0.6) is 0 Å². The van der Waals surface area contributed by atoms with Gasteiger partial charge in [-0.15, -0.1) is 0 Å². The molecule has 1 atom stereocenters. The molecule has 3 heterocycles. The highest BCUT2D eigenvalue weighted by Gasteiger charge is 2.28. The first kappa shape index (κ1) is 18.5. The van der Waals surface area contributed by atoms with Crippen LogP contribution >= 0.6 is 0 Å². The molecule has 1 aromatic carbocycles. The molecule has 0 radical (unpaired) electrons. The summed E-state index contributed by atoms with van der Waals surface area (Å²) in [5.74, 6) is 1.21. The second-order valence-corrected chi connectivity index (χ2v) is 7.97. The van der Waals surface area contributed by atoms with Crippen molar-refractivity contribution in [3.63, 3.8) is 0 Å². The fourth-order valence-electron chi connectivity index (χ4n) is 4.70. The van der Waals surface area contributed by atoms with Gasteiger partial charge in [0.15, 0.2) is 0 Å². The zero-order chi connectivity index (χ0) is 18.6. The Morgan fingerprint density at radius 2 is 1.89 bits per heavy atom. The second kappa shape index (κ2) is 8.44. The molecule has 146 valence electrons. The number of hydrogen-bond donors (Lipinski definition) is 0. The Bertz CT molecular complexity index is 732. The molecule has 2 aromatic rings. The topological polar surface area (TPSA) is 27.5 Å². The quantitative estimate of drug-likeness (QED) is 0.812. The van der Waals surface area contributed by atoms with Gasteiger partial charge >= 0.3 is 0 Å². The predicted molar refractivity (Wildman–Crippen MR) is 111 cm³/mol. The van der Waals surface area contributed by atoms with Crippen LogP contribution in [0.2, 0.25) is 0 Å². The summed E-state index contributed by atoms with van der Waals surface area (Å²) in [7, 11) is 0. The van der Waals surface area contributed by atoms with Crippen LogP contribution in [0.3, 0.4) is 0 Å². The van der Waals surface area contributed by atoms with Crippen molar-refractivity contribution >= 4 is 5.69 Å². The standard InChI is InChI=1S/C22H33N5/c1-3-25-12-10-23-22(25)18-24-11-6-8-20(17-24)26-13-15-27(16-14-26)21-9-5-4-7-19(21)2/h4-5,7,9-10,12,20H,3,6,8,11,13-18H2,1-2H3. The van der Waals surface area contributed by atoms with E-state index in [1.165, 1.54) is 56.1 Å². The summed E-state index contributed by atoms with van der Waals surface area (Å²) in [5, 5.41) is 0. The van der Waals surface area contributed by atoms with Gasteiger partial charge in [0.05, 0.1) is 6.54 Å². The lowest BCUT2D eigenvalue weighted by Crippen LogP contribution is -2.55. The molecule has 5 heteroatoms. The van der Waals surface area contributed by atoms with Crippen molar-refractivity contribution in [3.05, 3.63) is 48.0 Å². The van der Waals surface area contributed by atoms with E-state index in [1.807, 2.05) is 6.20 Å². The monoisotopic (exact) mass is 367 g/mol. The molecular formula is C22H33N5. The van der Waals surface area contributed by atoms with Crippen LogP contribution in [0.4, 0.5) is 5.69 Å². The van der Waals surface area contributed by atoms with Gasteiger partial charge in [-0.3, -0.25) is 9.80 Å². The molecular weight excluding hydrogens is 334 g/mol. The molecule has 5 nitrogen and oxygen atoms in total. The van der Waals surface area contributed by atoms with Gasteiger partial charge in [0.2, 0.25) is 0 Å². The molecule has 0 amide bonds. The lowest BCUT2D eigenvalue weighted by Gasteiger charge is -2.44. The van der Waals surface area contributed by atoms with Crippen molar-refractivity contribution in [3.8, 4) is 0 Å². The molecule has 2 aliphatic heterocycles. The van der Waals surface area contributed by atoms with E-state index in [4.69, 9.17) is 0 Å². The van der Waals surface area contributed by atoms with E-state index in [1.54, 1.807) is 0 Å². The number of imidazole rings is 1. The highest BCUT2D eigenvalue weighted by Crippen LogP contribution is 2.24. The predicted octanol–water partition coefficient (Wildman–Crippen LogP) is 3.00. The van der Waals surface area contributed by atoms with Crippen LogP contribution in [0.25, 0.3) is 0 Å². The first-order chi connectivity index (χ1) is 13.2. The fourth-order valence-corrected chi connectivity index (χ4v) is 4.70. The SMILES string of the molecule is CCn1ccnc1CN1CCCC(N2CCN(c3ccccc3C)CC2)C1. The molecule has 1 unspecified atom stereocenters. The van der Waals surface area contributed by atoms with E-state index in [-0.39, 0.29) is 0 Å². The van der Waals surface area contributed by atoms with Gasteiger partial charge in [-0.2, -0.15) is 0 Å². The van der Waals surface area contributed by atoms with Crippen LogP contribution in [-0.2, 0) is 13.1 Å². The average molecular weight is 368 g/mol. The molecule has 0 N–H and O–H groups in total. The lowest BCUT2D eigenvalue weighted by atomic mass is 10.0. The lowest BCUT2D eigenvalue weighted by molar-refractivity contribution is 0.0867. The minimum atomic E-state index is 0.697. The van der Waals surface area contributed by atoms with Crippen molar-refractivity contribution in [2.24, 2.45) is 0 Å². The number of aryl methyl sites for hydroxylation is 2. The van der Waals surface area contributed by atoms with E-state index in [9.17, 15) is 0 Å². The van der Waals surface area contributed by atoms with Crippen LogP contribution < -0.4 is 4.90 Å². The van der Waals surface area contributed by atoms with E-state index >= 15 is 0 Å². The summed E-state index contributed by atoms with van der Waals surface area (Å²) in [6, 6.07) is 9.48. The van der Waals surface area contributed by atoms with E-state index in [2.05, 4.69) is 68.6 Å². The number of hydrogen-bond acceptors (Lipinski definition) is 4. The maximum Gasteiger partial charge on any atom is 0.122 e. The molecule has 2 saturated heterocycles. The summed E-state index contributed by atoms with van der Waals surface area (Å²) >= 11 is 0. The Morgan fingerprint density at radius 3 is 2.67 bits per heavy atom. The van der Waals surface area contributed by atoms with Crippen LogP contribution in [-0.4, -0.2) is 64.7 Å². The van der Waals surface area contributed by atoms with Gasteiger partial charge in [0.25, 0.3) is 0 Å². The Kier molecular flexibility index (Phi) is 5.79. The normalized spacial score (nSPS) is 22.3. The van der Waals surface area contributed by atoms with Crippen LogP contribution in [0.1, 0.15) is 31.2 Å². The zero-order valence-corrected chi connectivity index (χ0v) is 16.8. The van der Waals surface area contributed by atoms with Gasteiger partial charge in [-0.1, -0.05) is 18.2 Å². The smallest absolute Gasteiger partial charge is 0.122 e. The van der Waals surface area contributed by atoms with Gasteiger partial charge in [-0.25, -0.2) is 4.98 Å². The van der Waals surface area contributed by atoms with Crippen molar-refractivity contribution in [2.75, 3.05) is 44.2 Å². The van der Waals surface area contributed by atoms with Gasteiger partial charge in [-0.05, 0) is 44.9 Å². The first-order valence-corrected chi connectivity index (χ1v) is 10.5. The molecule has 27 heavy (non-hydrogen) atoms. The summed E-state index contributed by atoms with van der Waals surface area (Å²) in [5.41, 5.74) is 2.80. The van der Waals surface area contributed by atoms with E-state index in [0.29, 0.717) is 6.04 Å². The van der Waals surface area contributed by atoms with Crippen molar-refractivity contribution in [2.45, 2.75) is 45.8 Å². The number of rotatable bonds is 5. The highest BCUT2D eigenvalue weighted by molar-refractivity contribution is 5.53. The van der Waals surface area contributed by atoms with Crippen molar-refractivity contribution in [1.82, 2.24) is 19.4 Å². The molecule has 0 spiro atoms. The van der Waals surface area contributed by atoms with Crippen LogP contribution in [0.15, 0.2) is 36.7 Å².